The summed E-state index contributed by atoms with van der Waals surface area (Å²) >= 11 is 0. The largest absolute Gasteiger partial charge is 0.390 e. The van der Waals surface area contributed by atoms with Crippen LogP contribution in [0.4, 0.5) is 13.2 Å². The van der Waals surface area contributed by atoms with E-state index in [1.54, 1.807) is 13.8 Å². The number of hydrogen-bond acceptors (Lipinski definition) is 2. The average molecular weight is 394 g/mol. The van der Waals surface area contributed by atoms with Gasteiger partial charge in [0.15, 0.2) is 0 Å². The van der Waals surface area contributed by atoms with E-state index < -0.39 is 31.1 Å². The molecule has 0 heterocycles. The van der Waals surface area contributed by atoms with Gasteiger partial charge in [-0.05, 0) is 22.3 Å². The van der Waals surface area contributed by atoms with Crippen LogP contribution in [0.25, 0.3) is 10.8 Å². The molecule has 152 valence electrons. The first-order chi connectivity index (χ1) is 13.1. The fourth-order valence-electron chi connectivity index (χ4n) is 2.91. The number of carbonyl (C=O) groups excluding carboxylic acids is 2. The molecule has 0 aliphatic rings. The summed E-state index contributed by atoms with van der Waals surface area (Å²) in [5, 5.41) is 4.75. The fraction of sp³-hybridized carbons (Fsp3) is 0.429. The molecule has 0 spiro atoms. The zero-order chi connectivity index (χ0) is 20.9. The first-order valence-corrected chi connectivity index (χ1v) is 9.15. The Bertz CT molecular complexity index is 834. The summed E-state index contributed by atoms with van der Waals surface area (Å²) in [6.07, 6.45) is -5.32. The number of carbonyl (C=O) groups is 2. The average Bonchev–Trinajstić information content (AvgIpc) is 2.62. The minimum atomic E-state index is -4.33. The van der Waals surface area contributed by atoms with Crippen molar-refractivity contribution >= 4 is 22.6 Å². The molecule has 0 radical (unpaired) electrons. The first-order valence-electron chi connectivity index (χ1n) is 9.15. The summed E-state index contributed by atoms with van der Waals surface area (Å²) in [6.45, 7) is 3.05. The van der Waals surface area contributed by atoms with Crippen molar-refractivity contribution in [3.05, 3.63) is 48.0 Å². The third kappa shape index (κ3) is 6.25. The Morgan fingerprint density at radius 3 is 2.32 bits per heavy atom. The van der Waals surface area contributed by atoms with Crippen LogP contribution < -0.4 is 5.32 Å². The molecular weight excluding hydrogens is 369 g/mol. The molecule has 0 saturated heterocycles. The molecule has 0 saturated carbocycles. The van der Waals surface area contributed by atoms with E-state index in [4.69, 9.17) is 0 Å². The summed E-state index contributed by atoms with van der Waals surface area (Å²) in [5.41, 5.74) is 0.802. The standard InChI is InChI=1S/C21H25F3N2O2/c1-14(2)19(20(28)26(3)11-10-21(22,23)24)25-18(27)13-15-8-9-16-6-4-5-7-17(16)12-15/h4-9,12,14,19H,10-11,13H2,1-3H3,(H,25,27). The van der Waals surface area contributed by atoms with Gasteiger partial charge in [0.2, 0.25) is 11.8 Å². The Kier molecular flexibility index (Phi) is 7.05. The zero-order valence-electron chi connectivity index (χ0n) is 16.2. The highest BCUT2D eigenvalue weighted by Crippen LogP contribution is 2.20. The first kappa shape index (κ1) is 21.7. The molecule has 0 aliphatic carbocycles. The van der Waals surface area contributed by atoms with Crippen molar-refractivity contribution in [1.29, 1.82) is 0 Å². The number of alkyl halides is 3. The van der Waals surface area contributed by atoms with E-state index in [-0.39, 0.29) is 18.2 Å². The normalized spacial score (nSPS) is 12.8. The Labute approximate surface area is 162 Å². The van der Waals surface area contributed by atoms with Crippen LogP contribution in [0.3, 0.4) is 0 Å². The van der Waals surface area contributed by atoms with Crippen LogP contribution in [-0.4, -0.2) is 42.5 Å². The highest BCUT2D eigenvalue weighted by Gasteiger charge is 2.31. The zero-order valence-corrected chi connectivity index (χ0v) is 16.2. The molecule has 28 heavy (non-hydrogen) atoms. The molecule has 0 bridgehead atoms. The third-order valence-electron chi connectivity index (χ3n) is 4.53. The van der Waals surface area contributed by atoms with Crippen LogP contribution in [0.2, 0.25) is 0 Å². The highest BCUT2D eigenvalue weighted by atomic mass is 19.4. The summed E-state index contributed by atoms with van der Waals surface area (Å²) in [5.74, 6) is -1.11. The molecule has 2 aromatic rings. The van der Waals surface area contributed by atoms with Crippen molar-refractivity contribution in [2.75, 3.05) is 13.6 Å². The maximum Gasteiger partial charge on any atom is 0.390 e. The summed E-state index contributed by atoms with van der Waals surface area (Å²) in [4.78, 5) is 26.0. The van der Waals surface area contributed by atoms with E-state index in [1.165, 1.54) is 7.05 Å². The minimum Gasteiger partial charge on any atom is -0.344 e. The van der Waals surface area contributed by atoms with Crippen molar-refractivity contribution in [1.82, 2.24) is 10.2 Å². The number of nitrogens with zero attached hydrogens (tertiary/aromatic N) is 1. The second-order valence-corrected chi connectivity index (χ2v) is 7.27. The SMILES string of the molecule is CC(C)C(NC(=O)Cc1ccc2ccccc2c1)C(=O)N(C)CCC(F)(F)F. The van der Waals surface area contributed by atoms with Crippen LogP contribution >= 0.6 is 0 Å². The molecule has 1 N–H and O–H groups in total. The van der Waals surface area contributed by atoms with Crippen molar-refractivity contribution in [2.45, 2.75) is 38.9 Å². The van der Waals surface area contributed by atoms with Crippen molar-refractivity contribution in [3.8, 4) is 0 Å². The van der Waals surface area contributed by atoms with Crippen LogP contribution in [0.15, 0.2) is 42.5 Å². The van der Waals surface area contributed by atoms with E-state index in [0.29, 0.717) is 0 Å². The van der Waals surface area contributed by atoms with Gasteiger partial charge in [0, 0.05) is 13.6 Å². The molecule has 4 nitrogen and oxygen atoms in total. The Morgan fingerprint density at radius 2 is 1.71 bits per heavy atom. The summed E-state index contributed by atoms with van der Waals surface area (Å²) < 4.78 is 37.2. The van der Waals surface area contributed by atoms with E-state index >= 15 is 0 Å². The third-order valence-corrected chi connectivity index (χ3v) is 4.53. The maximum atomic E-state index is 12.5. The Balaban J connectivity index is 2.01. The molecule has 7 heteroatoms. The van der Waals surface area contributed by atoms with Gasteiger partial charge in [-0.1, -0.05) is 56.3 Å². The number of amides is 2. The summed E-state index contributed by atoms with van der Waals surface area (Å²) in [7, 11) is 1.32. The van der Waals surface area contributed by atoms with Gasteiger partial charge in [-0.2, -0.15) is 13.2 Å². The van der Waals surface area contributed by atoms with Gasteiger partial charge in [-0.15, -0.1) is 0 Å². The predicted octanol–water partition coefficient (Wildman–Crippen LogP) is 3.93. The van der Waals surface area contributed by atoms with Crippen molar-refractivity contribution in [2.24, 2.45) is 5.92 Å². The van der Waals surface area contributed by atoms with Crippen molar-refractivity contribution < 1.29 is 22.8 Å². The lowest BCUT2D eigenvalue weighted by molar-refractivity contribution is -0.146. The number of hydrogen-bond donors (Lipinski definition) is 1. The summed E-state index contributed by atoms with van der Waals surface area (Å²) in [6, 6.07) is 12.6. The smallest absolute Gasteiger partial charge is 0.344 e. The van der Waals surface area contributed by atoms with E-state index in [9.17, 15) is 22.8 Å². The monoisotopic (exact) mass is 394 g/mol. The Morgan fingerprint density at radius 1 is 1.07 bits per heavy atom. The van der Waals surface area contributed by atoms with Crippen LogP contribution in [-0.2, 0) is 16.0 Å². The molecule has 1 unspecified atom stereocenters. The lowest BCUT2D eigenvalue weighted by atomic mass is 10.0. The number of halogens is 3. The number of benzene rings is 2. The molecule has 1 atom stereocenters. The molecule has 0 aromatic heterocycles. The van der Waals surface area contributed by atoms with Crippen molar-refractivity contribution in [3.63, 3.8) is 0 Å². The van der Waals surface area contributed by atoms with Crippen LogP contribution in [0, 0.1) is 5.92 Å². The molecule has 0 fully saturated rings. The fourth-order valence-corrected chi connectivity index (χ4v) is 2.91. The van der Waals surface area contributed by atoms with Gasteiger partial charge < -0.3 is 10.2 Å². The molecule has 2 aromatic carbocycles. The van der Waals surface area contributed by atoms with Crippen LogP contribution in [0.1, 0.15) is 25.8 Å². The molecule has 0 aliphatic heterocycles. The Hall–Kier alpha value is -2.57. The van der Waals surface area contributed by atoms with E-state index in [2.05, 4.69) is 5.32 Å². The number of nitrogens with one attached hydrogen (secondary N) is 1. The van der Waals surface area contributed by atoms with E-state index in [1.807, 2.05) is 42.5 Å². The molecular formula is C21H25F3N2O2. The number of rotatable bonds is 7. The number of fused-ring (bicyclic) bond motifs is 1. The quantitative estimate of drug-likeness (QED) is 0.774. The van der Waals surface area contributed by atoms with Gasteiger partial charge in [0.25, 0.3) is 0 Å². The lowest BCUT2D eigenvalue weighted by Gasteiger charge is -2.27. The van der Waals surface area contributed by atoms with Gasteiger partial charge >= 0.3 is 6.18 Å². The maximum absolute atomic E-state index is 12.5. The highest BCUT2D eigenvalue weighted by molar-refractivity contribution is 5.89. The van der Waals surface area contributed by atoms with E-state index in [0.717, 1.165) is 21.2 Å². The minimum absolute atomic E-state index is 0.0909. The van der Waals surface area contributed by atoms with Gasteiger partial charge in [-0.25, -0.2) is 0 Å². The topological polar surface area (TPSA) is 49.4 Å². The lowest BCUT2D eigenvalue weighted by Crippen LogP contribution is -2.51. The van der Waals surface area contributed by atoms with Crippen LogP contribution in [0.5, 0.6) is 0 Å². The second kappa shape index (κ2) is 9.08. The second-order valence-electron chi connectivity index (χ2n) is 7.27. The number of likely N-dealkylation sites (N-methyl/N-ethyl adjacent to an activating group) is 1. The molecule has 2 amide bonds. The van der Waals surface area contributed by atoms with Gasteiger partial charge in [-0.3, -0.25) is 9.59 Å². The predicted molar refractivity (Wildman–Crippen MR) is 103 cm³/mol. The molecule has 2 rings (SSSR count). The van der Waals surface area contributed by atoms with Gasteiger partial charge in [0.05, 0.1) is 12.8 Å². The van der Waals surface area contributed by atoms with Gasteiger partial charge in [0.1, 0.15) is 6.04 Å².